The SMILES string of the molecule is Cn1cncc1C(CN)N1CCCN2CCCC2C1. The minimum atomic E-state index is 0.313. The molecule has 3 rings (SSSR count). The van der Waals surface area contributed by atoms with Gasteiger partial charge in [0.05, 0.1) is 18.1 Å². The maximum Gasteiger partial charge on any atom is 0.0946 e. The summed E-state index contributed by atoms with van der Waals surface area (Å²) in [5, 5.41) is 0. The van der Waals surface area contributed by atoms with E-state index in [0.717, 1.165) is 19.1 Å². The Hall–Kier alpha value is -0.910. The van der Waals surface area contributed by atoms with Gasteiger partial charge in [0.15, 0.2) is 0 Å². The zero-order valence-electron chi connectivity index (χ0n) is 11.8. The van der Waals surface area contributed by atoms with Gasteiger partial charge in [0.1, 0.15) is 0 Å². The van der Waals surface area contributed by atoms with E-state index in [1.165, 1.54) is 38.0 Å². The van der Waals surface area contributed by atoms with Gasteiger partial charge < -0.3 is 10.3 Å². The van der Waals surface area contributed by atoms with E-state index in [4.69, 9.17) is 5.73 Å². The van der Waals surface area contributed by atoms with Crippen molar-refractivity contribution in [1.82, 2.24) is 19.4 Å². The smallest absolute Gasteiger partial charge is 0.0946 e. The fourth-order valence-corrected chi connectivity index (χ4v) is 3.66. The molecule has 2 saturated heterocycles. The van der Waals surface area contributed by atoms with Gasteiger partial charge in [-0.25, -0.2) is 4.98 Å². The van der Waals surface area contributed by atoms with E-state index in [0.29, 0.717) is 12.6 Å². The molecule has 0 aromatic carbocycles. The molecule has 0 aliphatic carbocycles. The second-order valence-electron chi connectivity index (χ2n) is 5.86. The van der Waals surface area contributed by atoms with Gasteiger partial charge in [0, 0.05) is 38.9 Å². The molecule has 0 radical (unpaired) electrons. The van der Waals surface area contributed by atoms with Crippen LogP contribution in [-0.4, -0.2) is 58.1 Å². The Morgan fingerprint density at radius 2 is 2.21 bits per heavy atom. The number of nitrogens with two attached hydrogens (primary N) is 1. The molecule has 5 heteroatoms. The van der Waals surface area contributed by atoms with Gasteiger partial charge >= 0.3 is 0 Å². The van der Waals surface area contributed by atoms with Crippen molar-refractivity contribution in [2.75, 3.05) is 32.7 Å². The van der Waals surface area contributed by atoms with Crippen LogP contribution in [0.15, 0.2) is 12.5 Å². The van der Waals surface area contributed by atoms with Crippen LogP contribution < -0.4 is 5.73 Å². The summed E-state index contributed by atoms with van der Waals surface area (Å²) in [6.45, 7) is 5.53. The Morgan fingerprint density at radius 3 is 2.95 bits per heavy atom. The lowest BCUT2D eigenvalue weighted by atomic mass is 10.1. The van der Waals surface area contributed by atoms with Crippen LogP contribution in [0.3, 0.4) is 0 Å². The highest BCUT2D eigenvalue weighted by Crippen LogP contribution is 2.26. The summed E-state index contributed by atoms with van der Waals surface area (Å²) in [7, 11) is 2.06. The summed E-state index contributed by atoms with van der Waals surface area (Å²) in [4.78, 5) is 9.49. The highest BCUT2D eigenvalue weighted by atomic mass is 15.3. The maximum atomic E-state index is 6.06. The molecular weight excluding hydrogens is 238 g/mol. The third kappa shape index (κ3) is 2.55. The molecule has 19 heavy (non-hydrogen) atoms. The van der Waals surface area contributed by atoms with Gasteiger partial charge in [0.2, 0.25) is 0 Å². The average Bonchev–Trinajstić information content (AvgIpc) is 2.97. The third-order valence-electron chi connectivity index (χ3n) is 4.69. The number of nitrogens with zero attached hydrogens (tertiary/aromatic N) is 4. The lowest BCUT2D eigenvalue weighted by Gasteiger charge is -2.32. The number of aromatic nitrogens is 2. The van der Waals surface area contributed by atoms with Gasteiger partial charge in [-0.05, 0) is 32.4 Å². The van der Waals surface area contributed by atoms with Crippen LogP contribution in [-0.2, 0) is 7.05 Å². The van der Waals surface area contributed by atoms with E-state index >= 15 is 0 Å². The number of imidazole rings is 1. The van der Waals surface area contributed by atoms with Crippen molar-refractivity contribution in [1.29, 1.82) is 0 Å². The Balaban J connectivity index is 1.77. The predicted octanol–water partition coefficient (Wildman–Crippen LogP) is 0.590. The first kappa shape index (κ1) is 13.1. The average molecular weight is 263 g/mol. The quantitative estimate of drug-likeness (QED) is 0.867. The Morgan fingerprint density at radius 1 is 1.37 bits per heavy atom. The zero-order valence-corrected chi connectivity index (χ0v) is 11.8. The molecule has 1 aromatic heterocycles. The van der Waals surface area contributed by atoms with Crippen LogP contribution >= 0.6 is 0 Å². The summed E-state index contributed by atoms with van der Waals surface area (Å²) in [6.07, 6.45) is 7.80. The van der Waals surface area contributed by atoms with Gasteiger partial charge in [-0.3, -0.25) is 9.80 Å². The lowest BCUT2D eigenvalue weighted by molar-refractivity contribution is 0.171. The lowest BCUT2D eigenvalue weighted by Crippen LogP contribution is -2.41. The van der Waals surface area contributed by atoms with Crippen LogP contribution in [0.25, 0.3) is 0 Å². The number of hydrogen-bond donors (Lipinski definition) is 1. The summed E-state index contributed by atoms with van der Waals surface area (Å²) >= 11 is 0. The fraction of sp³-hybridized carbons (Fsp3) is 0.786. The van der Waals surface area contributed by atoms with Crippen LogP contribution in [0.1, 0.15) is 31.0 Å². The topological polar surface area (TPSA) is 50.3 Å². The van der Waals surface area contributed by atoms with Crippen molar-refractivity contribution < 1.29 is 0 Å². The Bertz CT molecular complexity index is 416. The predicted molar refractivity (Wildman–Crippen MR) is 75.8 cm³/mol. The minimum Gasteiger partial charge on any atom is -0.336 e. The normalized spacial score (nSPS) is 27.2. The number of rotatable bonds is 3. The standard InChI is InChI=1S/C14H25N5/c1-17-11-16-9-14(17)13(8-15)19-7-3-6-18-5-2-4-12(18)10-19/h9,11-13H,2-8,10,15H2,1H3. The monoisotopic (exact) mass is 263 g/mol. The molecule has 0 saturated carbocycles. The molecule has 106 valence electrons. The summed E-state index contributed by atoms with van der Waals surface area (Å²) < 4.78 is 2.11. The van der Waals surface area contributed by atoms with Crippen LogP contribution in [0.4, 0.5) is 0 Å². The molecule has 0 bridgehead atoms. The highest BCUT2D eigenvalue weighted by Gasteiger charge is 2.32. The van der Waals surface area contributed by atoms with Gasteiger partial charge in [0.25, 0.3) is 0 Å². The summed E-state index contributed by atoms with van der Waals surface area (Å²) in [5.74, 6) is 0. The summed E-state index contributed by atoms with van der Waals surface area (Å²) in [5.41, 5.74) is 7.30. The third-order valence-corrected chi connectivity index (χ3v) is 4.69. The molecule has 0 spiro atoms. The van der Waals surface area contributed by atoms with E-state index in [1.54, 1.807) is 0 Å². The molecule has 2 fully saturated rings. The molecule has 1 aromatic rings. The Labute approximate surface area is 115 Å². The molecule has 2 unspecified atom stereocenters. The zero-order chi connectivity index (χ0) is 13.2. The van der Waals surface area contributed by atoms with Crippen molar-refractivity contribution in [3.05, 3.63) is 18.2 Å². The molecule has 2 atom stereocenters. The molecule has 2 aliphatic rings. The van der Waals surface area contributed by atoms with Crippen molar-refractivity contribution in [3.8, 4) is 0 Å². The van der Waals surface area contributed by atoms with Crippen molar-refractivity contribution in [2.45, 2.75) is 31.3 Å². The van der Waals surface area contributed by atoms with Crippen LogP contribution in [0, 0.1) is 0 Å². The largest absolute Gasteiger partial charge is 0.336 e. The van der Waals surface area contributed by atoms with Gasteiger partial charge in [-0.15, -0.1) is 0 Å². The van der Waals surface area contributed by atoms with E-state index < -0.39 is 0 Å². The number of fused-ring (bicyclic) bond motifs is 1. The minimum absolute atomic E-state index is 0.313. The summed E-state index contributed by atoms with van der Waals surface area (Å²) in [6, 6.07) is 1.05. The molecule has 5 nitrogen and oxygen atoms in total. The van der Waals surface area contributed by atoms with E-state index in [-0.39, 0.29) is 0 Å². The number of aryl methyl sites for hydroxylation is 1. The number of hydrogen-bond acceptors (Lipinski definition) is 4. The first-order chi connectivity index (χ1) is 9.29. The highest BCUT2D eigenvalue weighted by molar-refractivity contribution is 5.07. The molecular formula is C14H25N5. The van der Waals surface area contributed by atoms with E-state index in [1.807, 2.05) is 12.5 Å². The van der Waals surface area contributed by atoms with Gasteiger partial charge in [-0.1, -0.05) is 0 Å². The molecule has 2 aliphatic heterocycles. The fourth-order valence-electron chi connectivity index (χ4n) is 3.66. The van der Waals surface area contributed by atoms with Crippen molar-refractivity contribution in [3.63, 3.8) is 0 Å². The van der Waals surface area contributed by atoms with Crippen LogP contribution in [0.2, 0.25) is 0 Å². The second kappa shape index (κ2) is 5.61. The second-order valence-corrected chi connectivity index (χ2v) is 5.86. The van der Waals surface area contributed by atoms with Gasteiger partial charge in [-0.2, -0.15) is 0 Å². The molecule has 0 amide bonds. The van der Waals surface area contributed by atoms with Crippen LogP contribution in [0.5, 0.6) is 0 Å². The van der Waals surface area contributed by atoms with Crippen molar-refractivity contribution >= 4 is 0 Å². The van der Waals surface area contributed by atoms with Crippen molar-refractivity contribution in [2.24, 2.45) is 12.8 Å². The van der Waals surface area contributed by atoms with E-state index in [2.05, 4.69) is 26.4 Å². The molecule has 2 N–H and O–H groups in total. The molecule has 3 heterocycles. The first-order valence-corrected chi connectivity index (χ1v) is 7.44. The maximum absolute atomic E-state index is 6.06. The van der Waals surface area contributed by atoms with E-state index in [9.17, 15) is 0 Å². The first-order valence-electron chi connectivity index (χ1n) is 7.44. The Kier molecular flexibility index (Phi) is 3.86.